The van der Waals surface area contributed by atoms with Crippen LogP contribution in [0.1, 0.15) is 44.9 Å². The number of pyridine rings is 1. The van der Waals surface area contributed by atoms with Crippen molar-refractivity contribution in [3.63, 3.8) is 0 Å². The summed E-state index contributed by atoms with van der Waals surface area (Å²) in [6.07, 6.45) is 5.52. The topological polar surface area (TPSA) is 24.9 Å². The second kappa shape index (κ2) is 7.39. The van der Waals surface area contributed by atoms with Crippen molar-refractivity contribution in [3.8, 4) is 0 Å². The Bertz CT molecular complexity index is 297. The Morgan fingerprint density at radius 2 is 2.19 bits per heavy atom. The minimum Gasteiger partial charge on any atom is -0.311 e. The highest BCUT2D eigenvalue weighted by Gasteiger charge is 2.03. The molecule has 1 aromatic heterocycles. The molecule has 1 unspecified atom stereocenters. The minimum absolute atomic E-state index is 0.763. The molecule has 16 heavy (non-hydrogen) atoms. The zero-order chi connectivity index (χ0) is 11.8. The molecule has 2 heteroatoms. The number of aryl methyl sites for hydroxylation is 1. The first-order valence-corrected chi connectivity index (χ1v) is 6.41. The molecule has 2 nitrogen and oxygen atoms in total. The summed E-state index contributed by atoms with van der Waals surface area (Å²) in [5.74, 6) is 0.763. The summed E-state index contributed by atoms with van der Waals surface area (Å²) in [6, 6.07) is 4.18. The number of hydrogen-bond acceptors (Lipinski definition) is 2. The van der Waals surface area contributed by atoms with Crippen LogP contribution in [-0.4, -0.2) is 11.5 Å². The van der Waals surface area contributed by atoms with Gasteiger partial charge in [0.1, 0.15) is 0 Å². The van der Waals surface area contributed by atoms with Crippen LogP contribution >= 0.6 is 0 Å². The van der Waals surface area contributed by atoms with Gasteiger partial charge in [0.25, 0.3) is 0 Å². The van der Waals surface area contributed by atoms with Crippen molar-refractivity contribution < 1.29 is 0 Å². The van der Waals surface area contributed by atoms with E-state index in [0.717, 1.165) is 25.4 Å². The van der Waals surface area contributed by atoms with Gasteiger partial charge in [-0.2, -0.15) is 0 Å². The third-order valence-corrected chi connectivity index (χ3v) is 2.93. The first-order chi connectivity index (χ1) is 7.77. The summed E-state index contributed by atoms with van der Waals surface area (Å²) in [5.41, 5.74) is 2.56. The lowest BCUT2D eigenvalue weighted by Gasteiger charge is -2.12. The molecule has 0 radical (unpaired) electrons. The third kappa shape index (κ3) is 4.31. The molecule has 0 saturated carbocycles. The maximum atomic E-state index is 4.43. The van der Waals surface area contributed by atoms with Crippen LogP contribution in [0.15, 0.2) is 18.3 Å². The molecule has 1 rings (SSSR count). The molecule has 1 N–H and O–H groups in total. The Morgan fingerprint density at radius 1 is 1.38 bits per heavy atom. The lowest BCUT2D eigenvalue weighted by molar-refractivity contribution is 0.473. The number of nitrogens with zero attached hydrogens (tertiary/aromatic N) is 1. The first kappa shape index (κ1) is 13.2. The van der Waals surface area contributed by atoms with E-state index in [9.17, 15) is 0 Å². The Hall–Kier alpha value is -0.890. The Kier molecular flexibility index (Phi) is 6.09. The van der Waals surface area contributed by atoms with Gasteiger partial charge in [-0.1, -0.05) is 33.3 Å². The summed E-state index contributed by atoms with van der Waals surface area (Å²) < 4.78 is 0. The van der Waals surface area contributed by atoms with Crippen LogP contribution in [0.4, 0.5) is 0 Å². The van der Waals surface area contributed by atoms with Crippen LogP contribution in [0.5, 0.6) is 0 Å². The van der Waals surface area contributed by atoms with Gasteiger partial charge in [-0.05, 0) is 36.9 Å². The molecule has 0 aromatic carbocycles. The molecule has 0 amide bonds. The van der Waals surface area contributed by atoms with Crippen molar-refractivity contribution in [2.45, 2.75) is 46.6 Å². The molecule has 0 aliphatic rings. The summed E-state index contributed by atoms with van der Waals surface area (Å²) in [5, 5.41) is 3.50. The van der Waals surface area contributed by atoms with Crippen molar-refractivity contribution in [2.24, 2.45) is 5.92 Å². The van der Waals surface area contributed by atoms with E-state index in [-0.39, 0.29) is 0 Å². The first-order valence-electron chi connectivity index (χ1n) is 6.41. The van der Waals surface area contributed by atoms with Crippen molar-refractivity contribution in [2.75, 3.05) is 6.54 Å². The van der Waals surface area contributed by atoms with Gasteiger partial charge < -0.3 is 5.32 Å². The summed E-state index contributed by atoms with van der Waals surface area (Å²) in [4.78, 5) is 4.43. The summed E-state index contributed by atoms with van der Waals surface area (Å²) >= 11 is 0. The smallest absolute Gasteiger partial charge is 0.0573 e. The average Bonchev–Trinajstić information content (AvgIpc) is 2.30. The summed E-state index contributed by atoms with van der Waals surface area (Å²) in [6.45, 7) is 8.71. The molecular formula is C14H24N2. The van der Waals surface area contributed by atoms with Crippen molar-refractivity contribution in [1.29, 1.82) is 0 Å². The fourth-order valence-corrected chi connectivity index (χ4v) is 1.98. The van der Waals surface area contributed by atoms with Crippen LogP contribution < -0.4 is 5.32 Å². The van der Waals surface area contributed by atoms with Crippen molar-refractivity contribution >= 4 is 0 Å². The van der Waals surface area contributed by atoms with Gasteiger partial charge in [0, 0.05) is 12.7 Å². The number of rotatable bonds is 7. The lowest BCUT2D eigenvalue weighted by atomic mass is 10.1. The highest BCUT2D eigenvalue weighted by molar-refractivity contribution is 5.19. The van der Waals surface area contributed by atoms with Gasteiger partial charge in [0.05, 0.1) is 5.69 Å². The van der Waals surface area contributed by atoms with Gasteiger partial charge in [0.15, 0.2) is 0 Å². The Balaban J connectivity index is 2.36. The van der Waals surface area contributed by atoms with Crippen LogP contribution in [-0.2, 0) is 13.0 Å². The molecule has 0 bridgehead atoms. The maximum absolute atomic E-state index is 4.43. The highest BCUT2D eigenvalue weighted by Crippen LogP contribution is 2.07. The quantitative estimate of drug-likeness (QED) is 0.763. The van der Waals surface area contributed by atoms with Gasteiger partial charge in [-0.15, -0.1) is 0 Å². The average molecular weight is 220 g/mol. The van der Waals surface area contributed by atoms with Crippen LogP contribution in [0.25, 0.3) is 0 Å². The van der Waals surface area contributed by atoms with Gasteiger partial charge >= 0.3 is 0 Å². The molecule has 1 aromatic rings. The van der Waals surface area contributed by atoms with Gasteiger partial charge in [-0.3, -0.25) is 4.98 Å². The SMILES string of the molecule is CCCC(C)CNCc1ncccc1CC. The van der Waals surface area contributed by atoms with Crippen LogP contribution in [0, 0.1) is 5.92 Å². The van der Waals surface area contributed by atoms with E-state index in [4.69, 9.17) is 0 Å². The predicted molar refractivity (Wildman–Crippen MR) is 69.4 cm³/mol. The zero-order valence-electron chi connectivity index (χ0n) is 10.8. The van der Waals surface area contributed by atoms with Gasteiger partial charge in [0.2, 0.25) is 0 Å². The van der Waals surface area contributed by atoms with Crippen molar-refractivity contribution in [1.82, 2.24) is 10.3 Å². The highest BCUT2D eigenvalue weighted by atomic mass is 14.9. The van der Waals surface area contributed by atoms with E-state index < -0.39 is 0 Å². The summed E-state index contributed by atoms with van der Waals surface area (Å²) in [7, 11) is 0. The second-order valence-corrected chi connectivity index (χ2v) is 4.49. The number of hydrogen-bond donors (Lipinski definition) is 1. The number of aromatic nitrogens is 1. The largest absolute Gasteiger partial charge is 0.311 e. The lowest BCUT2D eigenvalue weighted by Crippen LogP contribution is -2.21. The normalized spacial score (nSPS) is 12.7. The fourth-order valence-electron chi connectivity index (χ4n) is 1.98. The molecule has 0 spiro atoms. The van der Waals surface area contributed by atoms with E-state index in [1.807, 2.05) is 12.3 Å². The maximum Gasteiger partial charge on any atom is 0.0573 e. The van der Waals surface area contributed by atoms with E-state index >= 15 is 0 Å². The van der Waals surface area contributed by atoms with E-state index in [1.165, 1.54) is 24.1 Å². The molecule has 1 atom stereocenters. The third-order valence-electron chi connectivity index (χ3n) is 2.93. The molecular weight excluding hydrogens is 196 g/mol. The molecule has 0 saturated heterocycles. The fraction of sp³-hybridized carbons (Fsp3) is 0.643. The zero-order valence-corrected chi connectivity index (χ0v) is 10.8. The second-order valence-electron chi connectivity index (χ2n) is 4.49. The predicted octanol–water partition coefficient (Wildman–Crippen LogP) is 3.17. The number of nitrogens with one attached hydrogen (secondary N) is 1. The van der Waals surface area contributed by atoms with Gasteiger partial charge in [-0.25, -0.2) is 0 Å². The van der Waals surface area contributed by atoms with E-state index in [1.54, 1.807) is 0 Å². The monoisotopic (exact) mass is 220 g/mol. The van der Waals surface area contributed by atoms with Crippen LogP contribution in [0.2, 0.25) is 0 Å². The molecule has 0 aliphatic carbocycles. The molecule has 1 heterocycles. The van der Waals surface area contributed by atoms with Crippen molar-refractivity contribution in [3.05, 3.63) is 29.6 Å². The van der Waals surface area contributed by atoms with E-state index in [0.29, 0.717) is 0 Å². The minimum atomic E-state index is 0.763. The van der Waals surface area contributed by atoms with Crippen LogP contribution in [0.3, 0.4) is 0 Å². The standard InChI is InChI=1S/C14H24N2/c1-4-7-12(3)10-15-11-14-13(5-2)8-6-9-16-14/h6,8-9,12,15H,4-5,7,10-11H2,1-3H3. The Labute approximate surface area is 99.5 Å². The van der Waals surface area contributed by atoms with E-state index in [2.05, 4.69) is 37.1 Å². The Morgan fingerprint density at radius 3 is 2.88 bits per heavy atom. The molecule has 90 valence electrons. The molecule has 0 aliphatic heterocycles. The molecule has 0 fully saturated rings.